The predicted molar refractivity (Wildman–Crippen MR) is 87.3 cm³/mol. The van der Waals surface area contributed by atoms with Crippen LogP contribution in [0.25, 0.3) is 11.0 Å². The molecule has 0 saturated carbocycles. The summed E-state index contributed by atoms with van der Waals surface area (Å²) in [6.45, 7) is 3.42. The molecule has 2 N–H and O–H groups in total. The van der Waals surface area contributed by atoms with Crippen molar-refractivity contribution < 1.29 is 9.84 Å². The van der Waals surface area contributed by atoms with Crippen LogP contribution in [0, 0.1) is 0 Å². The first kappa shape index (κ1) is 15.2. The topological polar surface area (TPSA) is 85.1 Å². The zero-order valence-electron chi connectivity index (χ0n) is 12.9. The maximum atomic E-state index is 8.91. The van der Waals surface area contributed by atoms with Crippen LogP contribution in [0.4, 0.5) is 5.82 Å². The summed E-state index contributed by atoms with van der Waals surface area (Å²) in [5, 5.41) is 17.4. The highest BCUT2D eigenvalue weighted by molar-refractivity contribution is 5.86. The maximum Gasteiger partial charge on any atom is 0.320 e. The quantitative estimate of drug-likeness (QED) is 0.692. The van der Waals surface area contributed by atoms with Crippen LogP contribution >= 0.6 is 0 Å². The number of aromatic nitrogens is 4. The van der Waals surface area contributed by atoms with Crippen molar-refractivity contribution >= 4 is 16.9 Å². The fourth-order valence-electron chi connectivity index (χ4n) is 2.28. The summed E-state index contributed by atoms with van der Waals surface area (Å²) in [7, 11) is 0. The monoisotopic (exact) mass is 313 g/mol. The van der Waals surface area contributed by atoms with Gasteiger partial charge in [-0.15, -0.1) is 0 Å². The Bertz CT molecular complexity index is 773. The lowest BCUT2D eigenvalue weighted by atomic mass is 10.2. The largest absolute Gasteiger partial charge is 0.461 e. The lowest BCUT2D eigenvalue weighted by molar-refractivity contribution is 0.192. The van der Waals surface area contributed by atoms with Crippen LogP contribution < -0.4 is 10.1 Å². The Morgan fingerprint density at radius 2 is 2.04 bits per heavy atom. The zero-order chi connectivity index (χ0) is 16.1. The zero-order valence-corrected chi connectivity index (χ0v) is 12.9. The minimum Gasteiger partial charge on any atom is -0.461 e. The molecule has 1 aromatic carbocycles. The molecule has 0 bridgehead atoms. The summed E-state index contributed by atoms with van der Waals surface area (Å²) < 4.78 is 7.16. The van der Waals surface area contributed by atoms with Crippen molar-refractivity contribution in [2.75, 3.05) is 18.5 Å². The minimum atomic E-state index is -0.0821. The smallest absolute Gasteiger partial charge is 0.320 e. The van der Waals surface area contributed by atoms with Gasteiger partial charge in [-0.3, -0.25) is 0 Å². The molecule has 3 aromatic rings. The van der Waals surface area contributed by atoms with Crippen LogP contribution in [0.3, 0.4) is 0 Å². The number of rotatable bonds is 7. The van der Waals surface area contributed by atoms with Gasteiger partial charge in [0.2, 0.25) is 0 Å². The molecule has 0 aliphatic rings. The van der Waals surface area contributed by atoms with E-state index in [1.807, 2.05) is 37.3 Å². The molecule has 0 atom stereocenters. The third-order valence-corrected chi connectivity index (χ3v) is 3.40. The summed E-state index contributed by atoms with van der Waals surface area (Å²) in [6, 6.07) is 10.3. The van der Waals surface area contributed by atoms with Gasteiger partial charge in [-0.05, 0) is 12.5 Å². The Balaban J connectivity index is 1.91. The van der Waals surface area contributed by atoms with Crippen LogP contribution in [0.5, 0.6) is 6.01 Å². The molecule has 0 fully saturated rings. The first-order chi connectivity index (χ1) is 11.3. The number of aliphatic hydroxyl groups is 1. The van der Waals surface area contributed by atoms with Crippen LogP contribution in [0.2, 0.25) is 0 Å². The lowest BCUT2D eigenvalue weighted by Crippen LogP contribution is -2.09. The number of hydrogen-bond donors (Lipinski definition) is 2. The Labute approximate surface area is 133 Å². The summed E-state index contributed by atoms with van der Waals surface area (Å²) in [4.78, 5) is 8.77. The van der Waals surface area contributed by atoms with Crippen molar-refractivity contribution in [2.24, 2.45) is 0 Å². The van der Waals surface area contributed by atoms with Gasteiger partial charge >= 0.3 is 6.01 Å². The SMILES string of the molecule is CCn1ncc2c(NCc3ccccc3)nc(OCCO)nc21. The van der Waals surface area contributed by atoms with E-state index in [1.54, 1.807) is 10.9 Å². The van der Waals surface area contributed by atoms with Crippen LogP contribution in [0.1, 0.15) is 12.5 Å². The van der Waals surface area contributed by atoms with Gasteiger partial charge in [0.1, 0.15) is 12.4 Å². The van der Waals surface area contributed by atoms with E-state index >= 15 is 0 Å². The average molecular weight is 313 g/mol. The van der Waals surface area contributed by atoms with E-state index in [0.717, 1.165) is 10.9 Å². The Morgan fingerprint density at radius 1 is 1.22 bits per heavy atom. The van der Waals surface area contributed by atoms with Gasteiger partial charge in [-0.25, -0.2) is 4.68 Å². The van der Waals surface area contributed by atoms with Crippen molar-refractivity contribution in [1.29, 1.82) is 0 Å². The Hall–Kier alpha value is -2.67. The standard InChI is InChI=1S/C16H19N5O2/c1-2-21-15-13(11-18-21)14(19-16(20-15)23-9-8-22)17-10-12-6-4-3-5-7-12/h3-7,11,22H,2,8-10H2,1H3,(H,17,19,20). The molecule has 0 saturated heterocycles. The molecule has 23 heavy (non-hydrogen) atoms. The molecule has 7 heteroatoms. The molecule has 0 amide bonds. The van der Waals surface area contributed by atoms with E-state index < -0.39 is 0 Å². The number of aryl methyl sites for hydroxylation is 1. The highest BCUT2D eigenvalue weighted by Crippen LogP contribution is 2.23. The molecule has 0 aliphatic carbocycles. The highest BCUT2D eigenvalue weighted by Gasteiger charge is 2.13. The van der Waals surface area contributed by atoms with Gasteiger partial charge in [-0.1, -0.05) is 30.3 Å². The van der Waals surface area contributed by atoms with Gasteiger partial charge in [-0.2, -0.15) is 15.1 Å². The molecule has 0 radical (unpaired) electrons. The van der Waals surface area contributed by atoms with Crippen LogP contribution in [-0.4, -0.2) is 38.1 Å². The summed E-state index contributed by atoms with van der Waals surface area (Å²) in [5.74, 6) is 0.673. The summed E-state index contributed by atoms with van der Waals surface area (Å²) >= 11 is 0. The number of nitrogens with one attached hydrogen (secondary N) is 1. The maximum absolute atomic E-state index is 8.91. The second-order valence-corrected chi connectivity index (χ2v) is 4.96. The summed E-state index contributed by atoms with van der Waals surface area (Å²) in [5.41, 5.74) is 1.87. The van der Waals surface area contributed by atoms with Crippen LogP contribution in [0.15, 0.2) is 36.5 Å². The molecule has 0 spiro atoms. The molecule has 2 aromatic heterocycles. The van der Waals surface area contributed by atoms with Crippen molar-refractivity contribution in [3.8, 4) is 6.01 Å². The molecule has 0 aliphatic heterocycles. The molecular weight excluding hydrogens is 294 g/mol. The second kappa shape index (κ2) is 7.06. The Kier molecular flexibility index (Phi) is 4.68. The molecule has 3 rings (SSSR count). The van der Waals surface area contributed by atoms with E-state index in [1.165, 1.54) is 0 Å². The predicted octanol–water partition coefficient (Wildman–Crippen LogP) is 1.83. The van der Waals surface area contributed by atoms with Gasteiger partial charge < -0.3 is 15.2 Å². The van der Waals surface area contributed by atoms with Crippen LogP contribution in [-0.2, 0) is 13.1 Å². The number of aliphatic hydroxyl groups excluding tert-OH is 1. The number of benzene rings is 1. The molecular formula is C16H19N5O2. The molecule has 0 unspecified atom stereocenters. The van der Waals surface area contributed by atoms with E-state index in [4.69, 9.17) is 9.84 Å². The van der Waals surface area contributed by atoms with Gasteiger partial charge in [0.25, 0.3) is 0 Å². The summed E-state index contributed by atoms with van der Waals surface area (Å²) in [6.07, 6.45) is 1.75. The van der Waals surface area contributed by atoms with E-state index in [9.17, 15) is 0 Å². The van der Waals surface area contributed by atoms with Gasteiger partial charge in [0.05, 0.1) is 18.2 Å². The number of hydrogen-bond acceptors (Lipinski definition) is 6. The van der Waals surface area contributed by atoms with E-state index in [-0.39, 0.29) is 19.2 Å². The van der Waals surface area contributed by atoms with Gasteiger partial charge in [0, 0.05) is 13.1 Å². The molecule has 120 valence electrons. The molecule has 2 heterocycles. The third-order valence-electron chi connectivity index (χ3n) is 3.40. The second-order valence-electron chi connectivity index (χ2n) is 4.96. The Morgan fingerprint density at radius 3 is 2.78 bits per heavy atom. The fraction of sp³-hybridized carbons (Fsp3) is 0.312. The fourth-order valence-corrected chi connectivity index (χ4v) is 2.28. The average Bonchev–Trinajstić information content (AvgIpc) is 3.02. The van der Waals surface area contributed by atoms with Crippen molar-refractivity contribution in [1.82, 2.24) is 19.7 Å². The molecule has 7 nitrogen and oxygen atoms in total. The van der Waals surface area contributed by atoms with E-state index in [2.05, 4.69) is 20.4 Å². The third kappa shape index (κ3) is 3.40. The first-order valence-electron chi connectivity index (χ1n) is 7.57. The van der Waals surface area contributed by atoms with Crippen molar-refractivity contribution in [3.05, 3.63) is 42.1 Å². The normalized spacial score (nSPS) is 10.9. The van der Waals surface area contributed by atoms with Crippen molar-refractivity contribution in [2.45, 2.75) is 20.0 Å². The first-order valence-corrected chi connectivity index (χ1v) is 7.57. The van der Waals surface area contributed by atoms with Crippen molar-refractivity contribution in [3.63, 3.8) is 0 Å². The highest BCUT2D eigenvalue weighted by atomic mass is 16.5. The number of nitrogens with zero attached hydrogens (tertiary/aromatic N) is 4. The number of ether oxygens (including phenoxy) is 1. The minimum absolute atomic E-state index is 0.0821. The van der Waals surface area contributed by atoms with E-state index in [0.29, 0.717) is 24.6 Å². The van der Waals surface area contributed by atoms with Gasteiger partial charge in [0.15, 0.2) is 5.65 Å². The lowest BCUT2D eigenvalue weighted by Gasteiger charge is -2.09. The number of anilines is 1. The number of fused-ring (bicyclic) bond motifs is 1.